The molecule has 2 unspecified atom stereocenters. The molecule has 0 spiro atoms. The van der Waals surface area contributed by atoms with Crippen LogP contribution in [-0.2, 0) is 4.79 Å². The SMILES string of the molecule is C=CCCCCC(O)C[N+](CCCC)(CCCC)C(C)C(=O)[O-]. The fourth-order valence-electron chi connectivity index (χ4n) is 3.19. The van der Waals surface area contributed by atoms with Crippen molar-refractivity contribution in [2.24, 2.45) is 0 Å². The second-order valence-corrected chi connectivity index (χ2v) is 6.78. The van der Waals surface area contributed by atoms with Crippen LogP contribution in [0.1, 0.15) is 72.1 Å². The zero-order chi connectivity index (χ0) is 17.7. The average molecular weight is 328 g/mol. The lowest BCUT2D eigenvalue weighted by Crippen LogP contribution is -2.63. The number of unbranched alkanes of at least 4 members (excludes halogenated alkanes) is 4. The van der Waals surface area contributed by atoms with E-state index in [-0.39, 0.29) is 0 Å². The van der Waals surface area contributed by atoms with Crippen LogP contribution in [-0.4, -0.2) is 47.3 Å². The van der Waals surface area contributed by atoms with Gasteiger partial charge in [0, 0.05) is 0 Å². The highest BCUT2D eigenvalue weighted by molar-refractivity contribution is 5.69. The van der Waals surface area contributed by atoms with Crippen LogP contribution in [0, 0.1) is 0 Å². The van der Waals surface area contributed by atoms with E-state index in [1.807, 2.05) is 6.08 Å². The van der Waals surface area contributed by atoms with Gasteiger partial charge >= 0.3 is 0 Å². The molecule has 4 nitrogen and oxygen atoms in total. The van der Waals surface area contributed by atoms with Crippen LogP contribution >= 0.6 is 0 Å². The molecule has 0 aromatic rings. The Hall–Kier alpha value is -0.870. The molecule has 4 heteroatoms. The molecule has 0 aliphatic heterocycles. The second kappa shape index (κ2) is 12.5. The van der Waals surface area contributed by atoms with Gasteiger partial charge in [0.05, 0.1) is 19.1 Å². The lowest BCUT2D eigenvalue weighted by molar-refractivity contribution is -0.946. The van der Waals surface area contributed by atoms with Gasteiger partial charge in [0.1, 0.15) is 18.7 Å². The van der Waals surface area contributed by atoms with Crippen LogP contribution in [0.25, 0.3) is 0 Å². The first kappa shape index (κ1) is 22.1. The number of allylic oxidation sites excluding steroid dienone is 1. The second-order valence-electron chi connectivity index (χ2n) is 6.78. The third-order valence-corrected chi connectivity index (χ3v) is 4.85. The standard InChI is InChI=1S/C19H37NO3/c1-5-8-11-12-13-18(21)16-20(14-9-6-2,15-10-7-3)17(4)19(22)23/h5,17-18,21H,1,6-16H2,2-4H3. The highest BCUT2D eigenvalue weighted by atomic mass is 16.4. The zero-order valence-corrected chi connectivity index (χ0v) is 15.4. The van der Waals surface area contributed by atoms with Gasteiger partial charge in [-0.15, -0.1) is 6.58 Å². The Morgan fingerprint density at radius 3 is 2.17 bits per heavy atom. The summed E-state index contributed by atoms with van der Waals surface area (Å²) in [5.41, 5.74) is 0. The molecular formula is C19H37NO3. The van der Waals surface area contributed by atoms with Crippen molar-refractivity contribution >= 4 is 5.97 Å². The van der Waals surface area contributed by atoms with Crippen molar-refractivity contribution < 1.29 is 19.5 Å². The van der Waals surface area contributed by atoms with E-state index in [1.54, 1.807) is 6.92 Å². The maximum atomic E-state index is 11.5. The minimum absolute atomic E-state index is 0.449. The molecular weight excluding hydrogens is 290 g/mol. The van der Waals surface area contributed by atoms with Gasteiger partial charge in [-0.2, -0.15) is 0 Å². The number of quaternary nitrogens is 1. The molecule has 0 radical (unpaired) electrons. The third-order valence-electron chi connectivity index (χ3n) is 4.85. The summed E-state index contributed by atoms with van der Waals surface area (Å²) >= 11 is 0. The Labute approximate surface area is 142 Å². The Balaban J connectivity index is 4.95. The number of carboxylic acids is 1. The Bertz CT molecular complexity index is 323. The number of rotatable bonds is 15. The van der Waals surface area contributed by atoms with Gasteiger partial charge in [-0.3, -0.25) is 0 Å². The molecule has 0 bridgehead atoms. The topological polar surface area (TPSA) is 60.4 Å². The number of carboxylic acid groups (broad SMARTS) is 1. The van der Waals surface area contributed by atoms with Crippen LogP contribution in [0.2, 0.25) is 0 Å². The molecule has 0 aromatic heterocycles. The highest BCUT2D eigenvalue weighted by Crippen LogP contribution is 2.21. The summed E-state index contributed by atoms with van der Waals surface area (Å²) in [5, 5.41) is 22.0. The molecule has 23 heavy (non-hydrogen) atoms. The first-order valence-electron chi connectivity index (χ1n) is 9.29. The largest absolute Gasteiger partial charge is 0.544 e. The predicted molar refractivity (Wildman–Crippen MR) is 93.8 cm³/mol. The van der Waals surface area contributed by atoms with Gasteiger partial charge in [0.25, 0.3) is 0 Å². The highest BCUT2D eigenvalue weighted by Gasteiger charge is 2.35. The maximum Gasteiger partial charge on any atom is 0.126 e. The van der Waals surface area contributed by atoms with E-state index in [0.717, 1.165) is 64.5 Å². The van der Waals surface area contributed by atoms with Crippen molar-refractivity contribution in [1.82, 2.24) is 0 Å². The van der Waals surface area contributed by atoms with Crippen molar-refractivity contribution in [3.63, 3.8) is 0 Å². The van der Waals surface area contributed by atoms with Crippen LogP contribution in [0.3, 0.4) is 0 Å². The van der Waals surface area contributed by atoms with E-state index >= 15 is 0 Å². The van der Waals surface area contributed by atoms with Gasteiger partial charge in [0.15, 0.2) is 0 Å². The zero-order valence-electron chi connectivity index (χ0n) is 15.4. The molecule has 0 aliphatic rings. The normalized spacial score (nSPS) is 14.4. The molecule has 0 saturated carbocycles. The smallest absolute Gasteiger partial charge is 0.126 e. The Morgan fingerprint density at radius 1 is 1.17 bits per heavy atom. The third kappa shape index (κ3) is 8.52. The number of carbonyl (C=O) groups is 1. The van der Waals surface area contributed by atoms with Crippen molar-refractivity contribution in [2.45, 2.75) is 84.3 Å². The van der Waals surface area contributed by atoms with E-state index in [0.29, 0.717) is 11.0 Å². The molecule has 0 aromatic carbocycles. The average Bonchev–Trinajstić information content (AvgIpc) is 2.53. The number of aliphatic hydroxyl groups excluding tert-OH is 1. The van der Waals surface area contributed by atoms with Crippen LogP contribution in [0.15, 0.2) is 12.7 Å². The number of hydrogen-bond donors (Lipinski definition) is 1. The van der Waals surface area contributed by atoms with Gasteiger partial charge in [-0.05, 0) is 39.0 Å². The monoisotopic (exact) mass is 327 g/mol. The van der Waals surface area contributed by atoms with Gasteiger partial charge < -0.3 is 19.5 Å². The predicted octanol–water partition coefficient (Wildman–Crippen LogP) is 2.65. The van der Waals surface area contributed by atoms with Gasteiger partial charge in [0.2, 0.25) is 0 Å². The first-order valence-corrected chi connectivity index (χ1v) is 9.29. The van der Waals surface area contributed by atoms with E-state index in [9.17, 15) is 15.0 Å². The van der Waals surface area contributed by atoms with E-state index < -0.39 is 18.1 Å². The summed E-state index contributed by atoms with van der Waals surface area (Å²) in [7, 11) is 0. The minimum atomic E-state index is -1.00. The van der Waals surface area contributed by atoms with Crippen LogP contribution in [0.5, 0.6) is 0 Å². The van der Waals surface area contributed by atoms with E-state index in [1.165, 1.54) is 0 Å². The summed E-state index contributed by atoms with van der Waals surface area (Å²) in [6, 6.07) is -0.573. The number of hydrogen-bond acceptors (Lipinski definition) is 3. The van der Waals surface area contributed by atoms with Crippen molar-refractivity contribution in [3.05, 3.63) is 12.7 Å². The van der Waals surface area contributed by atoms with E-state index in [4.69, 9.17) is 0 Å². The molecule has 0 saturated heterocycles. The summed E-state index contributed by atoms with van der Waals surface area (Å²) in [5.74, 6) is -1.00. The Morgan fingerprint density at radius 2 is 1.74 bits per heavy atom. The summed E-state index contributed by atoms with van der Waals surface area (Å²) in [4.78, 5) is 11.5. The minimum Gasteiger partial charge on any atom is -0.544 e. The quantitative estimate of drug-likeness (QED) is 0.286. The molecule has 0 heterocycles. The molecule has 136 valence electrons. The number of nitrogens with zero attached hydrogens (tertiary/aromatic N) is 1. The van der Waals surface area contributed by atoms with E-state index in [2.05, 4.69) is 20.4 Å². The summed E-state index contributed by atoms with van der Waals surface area (Å²) in [6.45, 7) is 11.8. The van der Waals surface area contributed by atoms with Crippen molar-refractivity contribution in [2.75, 3.05) is 19.6 Å². The molecule has 0 fully saturated rings. The lowest BCUT2D eigenvalue weighted by atomic mass is 10.0. The van der Waals surface area contributed by atoms with Crippen LogP contribution < -0.4 is 5.11 Å². The fourth-order valence-corrected chi connectivity index (χ4v) is 3.19. The summed E-state index contributed by atoms with van der Waals surface area (Å²) < 4.78 is 0.451. The molecule has 1 N–H and O–H groups in total. The molecule has 0 amide bonds. The molecule has 0 aliphatic carbocycles. The number of aliphatic hydroxyl groups is 1. The fraction of sp³-hybridized carbons (Fsp3) is 0.842. The number of carbonyl (C=O) groups excluding carboxylic acids is 1. The lowest BCUT2D eigenvalue weighted by Gasteiger charge is -2.45. The molecule has 0 rings (SSSR count). The molecule has 2 atom stereocenters. The maximum absolute atomic E-state index is 11.5. The first-order chi connectivity index (χ1) is 10.9. The van der Waals surface area contributed by atoms with Crippen molar-refractivity contribution in [1.29, 1.82) is 0 Å². The van der Waals surface area contributed by atoms with Gasteiger partial charge in [-0.25, -0.2) is 0 Å². The Kier molecular flexibility index (Phi) is 12.1. The number of aliphatic carboxylic acids is 1. The van der Waals surface area contributed by atoms with Crippen LogP contribution in [0.4, 0.5) is 0 Å². The van der Waals surface area contributed by atoms with Gasteiger partial charge in [-0.1, -0.05) is 39.2 Å². The summed E-state index contributed by atoms with van der Waals surface area (Å²) in [6.07, 6.45) is 9.13. The van der Waals surface area contributed by atoms with Crippen molar-refractivity contribution in [3.8, 4) is 0 Å².